The van der Waals surface area contributed by atoms with E-state index in [1.807, 2.05) is 42.3 Å². The number of carbonyl (C=O) groups is 3. The lowest BCUT2D eigenvalue weighted by atomic mass is 9.91. The Bertz CT molecular complexity index is 1220. The van der Waals surface area contributed by atoms with Gasteiger partial charge in [0.05, 0.1) is 6.54 Å². The summed E-state index contributed by atoms with van der Waals surface area (Å²) in [6, 6.07) is 10.2. The van der Waals surface area contributed by atoms with Crippen molar-refractivity contribution in [2.24, 2.45) is 0 Å². The molecule has 2 saturated carbocycles. The maximum Gasteiger partial charge on any atom is 0.333 e. The number of carbonyl (C=O) groups excluding carboxylic acids is 3. The molecule has 2 aromatic rings. The normalized spacial score (nSPS) is 17.7. The highest BCUT2D eigenvalue weighted by atomic mass is 16.5. The second-order valence-electron chi connectivity index (χ2n) is 12.4. The van der Waals surface area contributed by atoms with Crippen molar-refractivity contribution in [2.45, 2.75) is 115 Å². The van der Waals surface area contributed by atoms with Gasteiger partial charge in [-0.3, -0.25) is 9.59 Å². The van der Waals surface area contributed by atoms with E-state index in [2.05, 4.69) is 11.5 Å². The Balaban J connectivity index is 1.68. The Labute approximate surface area is 252 Å². The number of nitrogens with zero attached hydrogens (tertiary/aromatic N) is 2. The fourth-order valence-corrected chi connectivity index (χ4v) is 6.91. The van der Waals surface area contributed by atoms with Crippen molar-refractivity contribution in [2.75, 3.05) is 25.1 Å². The first-order chi connectivity index (χ1) is 20.4. The van der Waals surface area contributed by atoms with Gasteiger partial charge in [-0.15, -0.1) is 0 Å². The van der Waals surface area contributed by atoms with E-state index in [-0.39, 0.29) is 24.5 Å². The third kappa shape index (κ3) is 8.02. The summed E-state index contributed by atoms with van der Waals surface area (Å²) in [5, 5.41) is 1.62. The first kappa shape index (κ1) is 31.8. The number of rotatable bonds is 9. The molecule has 0 aromatic heterocycles. The average Bonchev–Trinajstić information content (AvgIpc) is 3.08. The summed E-state index contributed by atoms with van der Waals surface area (Å²) in [5.74, 6) is -0.396. The lowest BCUT2D eigenvalue weighted by Gasteiger charge is -2.37. The molecule has 0 aliphatic heterocycles. The molecule has 2 aliphatic carbocycles. The average molecular weight is 575 g/mol. The molecule has 4 rings (SSSR count). The van der Waals surface area contributed by atoms with Crippen LogP contribution in [0.5, 0.6) is 0 Å². The molecule has 0 N–H and O–H groups in total. The van der Waals surface area contributed by atoms with Crippen molar-refractivity contribution in [3.05, 3.63) is 53.6 Å². The van der Waals surface area contributed by atoms with Crippen molar-refractivity contribution in [3.8, 4) is 0 Å². The van der Waals surface area contributed by atoms with Crippen molar-refractivity contribution >= 4 is 34.6 Å². The van der Waals surface area contributed by atoms with Gasteiger partial charge in [-0.1, -0.05) is 95.4 Å². The molecule has 0 unspecified atom stereocenters. The minimum Gasteiger partial charge on any atom is -0.460 e. The number of fused-ring (bicyclic) bond motifs is 1. The van der Waals surface area contributed by atoms with Crippen LogP contribution in [0, 0.1) is 0 Å². The smallest absolute Gasteiger partial charge is 0.333 e. The minimum atomic E-state index is -0.383. The maximum absolute atomic E-state index is 14.2. The first-order valence-corrected chi connectivity index (χ1v) is 16.3. The van der Waals surface area contributed by atoms with Gasteiger partial charge >= 0.3 is 5.97 Å². The molecule has 0 saturated heterocycles. The number of amides is 1. The molecule has 228 valence electrons. The predicted octanol–water partition coefficient (Wildman–Crippen LogP) is 8.27. The standard InChI is InChI=1S/C36H50N2O4/c1-27(2)36(41)42-25-24-38(30-19-13-10-14-20-30)33-23-22-32(34-28(26-39)16-15-21-31(33)34)35(40)37(3)29-17-11-8-6-4-5-7-9-12-18-29/h15-16,21-23,26,29-30H,1,4-14,17-20,24-25H2,2-3H3. The molecular weight excluding hydrogens is 524 g/mol. The van der Waals surface area contributed by atoms with Crippen LogP contribution in [-0.4, -0.2) is 55.3 Å². The first-order valence-electron chi connectivity index (χ1n) is 16.3. The van der Waals surface area contributed by atoms with Crippen molar-refractivity contribution in [3.63, 3.8) is 0 Å². The number of benzene rings is 2. The molecular formula is C36H50N2O4. The summed E-state index contributed by atoms with van der Waals surface area (Å²) >= 11 is 0. The van der Waals surface area contributed by atoms with E-state index in [0.717, 1.165) is 74.1 Å². The summed E-state index contributed by atoms with van der Waals surface area (Å²) in [5.41, 5.74) is 2.50. The van der Waals surface area contributed by atoms with Gasteiger partial charge in [-0.25, -0.2) is 4.79 Å². The highest BCUT2D eigenvalue weighted by molar-refractivity contribution is 6.15. The van der Waals surface area contributed by atoms with Gasteiger partial charge in [0, 0.05) is 52.3 Å². The Morgan fingerprint density at radius 2 is 1.43 bits per heavy atom. The van der Waals surface area contributed by atoms with Crippen LogP contribution in [0.1, 0.15) is 124 Å². The molecule has 0 heterocycles. The molecule has 2 aromatic carbocycles. The van der Waals surface area contributed by atoms with E-state index in [1.165, 1.54) is 44.9 Å². The van der Waals surface area contributed by atoms with E-state index in [0.29, 0.717) is 29.3 Å². The molecule has 6 heteroatoms. The van der Waals surface area contributed by atoms with Crippen molar-refractivity contribution in [1.29, 1.82) is 0 Å². The van der Waals surface area contributed by atoms with Gasteiger partial charge in [0.2, 0.25) is 0 Å². The third-order valence-electron chi connectivity index (χ3n) is 9.34. The number of anilines is 1. The lowest BCUT2D eigenvalue weighted by molar-refractivity contribution is -0.138. The summed E-state index contributed by atoms with van der Waals surface area (Å²) in [4.78, 5) is 42.9. The fraction of sp³-hybridized carbons (Fsp3) is 0.583. The van der Waals surface area contributed by atoms with Crippen LogP contribution in [0.25, 0.3) is 10.8 Å². The molecule has 0 spiro atoms. The third-order valence-corrected chi connectivity index (χ3v) is 9.34. The van der Waals surface area contributed by atoms with Gasteiger partial charge in [-0.05, 0) is 44.7 Å². The van der Waals surface area contributed by atoms with Crippen LogP contribution in [0.4, 0.5) is 5.69 Å². The summed E-state index contributed by atoms with van der Waals surface area (Å²) in [6.07, 6.45) is 18.5. The Hall–Kier alpha value is -3.15. The lowest BCUT2D eigenvalue weighted by Crippen LogP contribution is -2.40. The van der Waals surface area contributed by atoms with Gasteiger partial charge in [0.25, 0.3) is 5.91 Å². The number of aldehydes is 1. The van der Waals surface area contributed by atoms with Gasteiger partial charge < -0.3 is 14.5 Å². The maximum atomic E-state index is 14.2. The Kier molecular flexibility index (Phi) is 12.0. The molecule has 6 nitrogen and oxygen atoms in total. The zero-order valence-electron chi connectivity index (χ0n) is 25.9. The molecule has 0 atom stereocenters. The van der Waals surface area contributed by atoms with Gasteiger partial charge in [0.1, 0.15) is 6.61 Å². The monoisotopic (exact) mass is 574 g/mol. The zero-order chi connectivity index (χ0) is 29.9. The SMILES string of the molecule is C=C(C)C(=O)OCCN(c1ccc(C(=O)N(C)C2CCCCCCCCCC2)c2c(C=O)cccc12)C1CCCCC1. The van der Waals surface area contributed by atoms with Crippen molar-refractivity contribution in [1.82, 2.24) is 4.90 Å². The predicted molar refractivity (Wildman–Crippen MR) is 171 cm³/mol. The van der Waals surface area contributed by atoms with E-state index in [1.54, 1.807) is 6.92 Å². The summed E-state index contributed by atoms with van der Waals surface area (Å²) in [6.45, 7) is 6.15. The van der Waals surface area contributed by atoms with Gasteiger partial charge in [-0.2, -0.15) is 0 Å². The quantitative estimate of drug-likeness (QED) is 0.171. The number of hydrogen-bond acceptors (Lipinski definition) is 5. The van der Waals surface area contributed by atoms with Crippen LogP contribution in [0.15, 0.2) is 42.5 Å². The Morgan fingerprint density at radius 1 is 0.857 bits per heavy atom. The highest BCUT2D eigenvalue weighted by Crippen LogP contribution is 2.36. The topological polar surface area (TPSA) is 66.9 Å². The highest BCUT2D eigenvalue weighted by Gasteiger charge is 2.27. The van der Waals surface area contributed by atoms with E-state index >= 15 is 0 Å². The number of ether oxygens (including phenoxy) is 1. The van der Waals surface area contributed by atoms with Crippen LogP contribution in [0.3, 0.4) is 0 Å². The largest absolute Gasteiger partial charge is 0.460 e. The Morgan fingerprint density at radius 3 is 2.02 bits per heavy atom. The van der Waals surface area contributed by atoms with Crippen molar-refractivity contribution < 1.29 is 19.1 Å². The fourth-order valence-electron chi connectivity index (χ4n) is 6.91. The van der Waals surface area contributed by atoms with E-state index in [9.17, 15) is 14.4 Å². The molecule has 2 fully saturated rings. The number of esters is 1. The summed E-state index contributed by atoms with van der Waals surface area (Å²) in [7, 11) is 1.94. The molecule has 1 amide bonds. The minimum absolute atomic E-state index is 0.0136. The molecule has 2 aliphatic rings. The molecule has 42 heavy (non-hydrogen) atoms. The van der Waals surface area contributed by atoms with Gasteiger partial charge in [0.15, 0.2) is 6.29 Å². The number of hydrogen-bond donors (Lipinski definition) is 0. The van der Waals surface area contributed by atoms with Crippen LogP contribution in [-0.2, 0) is 9.53 Å². The van der Waals surface area contributed by atoms with E-state index in [4.69, 9.17) is 4.74 Å². The van der Waals surface area contributed by atoms with Crippen LogP contribution < -0.4 is 4.90 Å². The second-order valence-corrected chi connectivity index (χ2v) is 12.4. The van der Waals surface area contributed by atoms with Crippen LogP contribution in [0.2, 0.25) is 0 Å². The zero-order valence-corrected chi connectivity index (χ0v) is 25.9. The second kappa shape index (κ2) is 15.9. The van der Waals surface area contributed by atoms with Crippen LogP contribution >= 0.6 is 0 Å². The molecule has 0 bridgehead atoms. The molecule has 0 radical (unpaired) electrons. The van der Waals surface area contributed by atoms with E-state index < -0.39 is 0 Å². The summed E-state index contributed by atoms with van der Waals surface area (Å²) < 4.78 is 5.51.